The first-order valence-corrected chi connectivity index (χ1v) is 6.98. The molecule has 0 fully saturated rings. The Morgan fingerprint density at radius 2 is 1.53 bits per heavy atom. The summed E-state index contributed by atoms with van der Waals surface area (Å²) in [6.45, 7) is 8.41. The Morgan fingerprint density at radius 3 is 2.11 bits per heavy atom. The molecule has 5 heteroatoms. The van der Waals surface area contributed by atoms with Crippen LogP contribution in [0.15, 0.2) is 22.2 Å². The molecule has 0 saturated carbocycles. The topological polar surface area (TPSA) is 64.7 Å². The minimum absolute atomic E-state index is 0.478. The number of hydrogen-bond donors (Lipinski definition) is 1. The van der Waals surface area contributed by atoms with Gasteiger partial charge in [-0.2, -0.15) is 0 Å². The van der Waals surface area contributed by atoms with Crippen molar-refractivity contribution in [3.63, 3.8) is 0 Å². The van der Waals surface area contributed by atoms with Crippen molar-refractivity contribution in [2.45, 2.75) is 44.3 Å². The van der Waals surface area contributed by atoms with E-state index in [1.807, 2.05) is 39.8 Å². The van der Waals surface area contributed by atoms with Crippen LogP contribution in [0, 0.1) is 27.7 Å². The molecule has 0 amide bonds. The maximum absolute atomic E-state index is 5.82. The lowest BCUT2D eigenvalue weighted by Crippen LogP contribution is -2.04. The third-order valence-corrected chi connectivity index (χ3v) is 3.73. The summed E-state index contributed by atoms with van der Waals surface area (Å²) in [4.78, 5) is 14.5. The average Bonchev–Trinajstić information content (AvgIpc) is 2.26. The number of nitrogens with zero attached hydrogens (tertiary/aromatic N) is 3. The van der Waals surface area contributed by atoms with Crippen molar-refractivity contribution in [3.05, 3.63) is 40.5 Å². The van der Waals surface area contributed by atoms with E-state index in [1.54, 1.807) is 11.8 Å². The normalized spacial score (nSPS) is 10.8. The Bertz CT molecular complexity index is 590. The van der Waals surface area contributed by atoms with Crippen LogP contribution in [0.2, 0.25) is 0 Å². The molecule has 0 spiro atoms. The van der Waals surface area contributed by atoms with Crippen LogP contribution in [0.3, 0.4) is 0 Å². The number of rotatable bonds is 3. The first-order valence-electron chi connectivity index (χ1n) is 6.17. The molecular formula is C14H18N4S. The lowest BCUT2D eigenvalue weighted by Gasteiger charge is -2.11. The Balaban J connectivity index is 2.42. The summed E-state index contributed by atoms with van der Waals surface area (Å²) in [7, 11) is 0. The highest BCUT2D eigenvalue weighted by Gasteiger charge is 2.10. The molecule has 0 bridgehead atoms. The minimum Gasteiger partial charge on any atom is -0.326 e. The second kappa shape index (κ2) is 5.67. The van der Waals surface area contributed by atoms with Crippen LogP contribution in [0.1, 0.15) is 28.3 Å². The van der Waals surface area contributed by atoms with Gasteiger partial charge in [-0.15, -0.1) is 0 Å². The van der Waals surface area contributed by atoms with Gasteiger partial charge >= 0.3 is 0 Å². The van der Waals surface area contributed by atoms with Crippen LogP contribution in [-0.4, -0.2) is 15.0 Å². The quantitative estimate of drug-likeness (QED) is 0.872. The van der Waals surface area contributed by atoms with E-state index in [1.165, 1.54) is 0 Å². The maximum atomic E-state index is 5.82. The Morgan fingerprint density at radius 1 is 0.947 bits per heavy atom. The highest BCUT2D eigenvalue weighted by Crippen LogP contribution is 2.30. The van der Waals surface area contributed by atoms with Crippen LogP contribution < -0.4 is 5.73 Å². The summed E-state index contributed by atoms with van der Waals surface area (Å²) in [5.41, 5.74) is 10.8. The lowest BCUT2D eigenvalue weighted by molar-refractivity contribution is 0.895. The van der Waals surface area contributed by atoms with Crippen molar-refractivity contribution in [2.75, 3.05) is 0 Å². The molecule has 0 aliphatic rings. The van der Waals surface area contributed by atoms with Gasteiger partial charge < -0.3 is 5.73 Å². The number of aryl methyl sites for hydroxylation is 4. The molecule has 2 aromatic heterocycles. The molecular weight excluding hydrogens is 256 g/mol. The van der Waals surface area contributed by atoms with Gasteiger partial charge in [-0.05, 0) is 51.6 Å². The van der Waals surface area contributed by atoms with Crippen molar-refractivity contribution in [3.8, 4) is 0 Å². The predicted octanol–water partition coefficient (Wildman–Crippen LogP) is 2.72. The van der Waals surface area contributed by atoms with Gasteiger partial charge in [0.2, 0.25) is 0 Å². The van der Waals surface area contributed by atoms with Crippen LogP contribution >= 0.6 is 11.8 Å². The molecule has 0 aliphatic heterocycles. The summed E-state index contributed by atoms with van der Waals surface area (Å²) >= 11 is 1.55. The van der Waals surface area contributed by atoms with Crippen molar-refractivity contribution >= 4 is 11.8 Å². The van der Waals surface area contributed by atoms with Crippen molar-refractivity contribution in [1.82, 2.24) is 15.0 Å². The fourth-order valence-electron chi connectivity index (χ4n) is 2.00. The van der Waals surface area contributed by atoms with E-state index in [-0.39, 0.29) is 0 Å². The second-order valence-corrected chi connectivity index (χ2v) is 5.57. The summed E-state index contributed by atoms with van der Waals surface area (Å²) in [5, 5.41) is 0.761. The molecule has 100 valence electrons. The first-order chi connectivity index (χ1) is 8.99. The van der Waals surface area contributed by atoms with E-state index >= 15 is 0 Å². The van der Waals surface area contributed by atoms with Crippen molar-refractivity contribution < 1.29 is 0 Å². The SMILES string of the molecule is Cc1cc(C)nc(Sc2cc(C)nc(C)c2CN)n1. The molecule has 0 saturated heterocycles. The molecule has 0 radical (unpaired) electrons. The van der Waals surface area contributed by atoms with Gasteiger partial charge in [-0.1, -0.05) is 0 Å². The summed E-state index contributed by atoms with van der Waals surface area (Å²) < 4.78 is 0. The van der Waals surface area contributed by atoms with E-state index in [4.69, 9.17) is 5.73 Å². The first kappa shape index (κ1) is 14.0. The van der Waals surface area contributed by atoms with E-state index < -0.39 is 0 Å². The van der Waals surface area contributed by atoms with Gasteiger partial charge in [0.05, 0.1) is 0 Å². The number of hydrogen-bond acceptors (Lipinski definition) is 5. The zero-order chi connectivity index (χ0) is 14.0. The molecule has 0 unspecified atom stereocenters. The van der Waals surface area contributed by atoms with Gasteiger partial charge in [-0.25, -0.2) is 9.97 Å². The Labute approximate surface area is 117 Å². The minimum atomic E-state index is 0.478. The fourth-order valence-corrected chi connectivity index (χ4v) is 3.16. The number of nitrogens with two attached hydrogens (primary N) is 1. The zero-order valence-electron chi connectivity index (χ0n) is 11.7. The molecule has 2 N–H and O–H groups in total. The van der Waals surface area contributed by atoms with Gasteiger partial charge in [-0.3, -0.25) is 4.98 Å². The summed E-state index contributed by atoms with van der Waals surface area (Å²) in [6.07, 6.45) is 0. The Hall–Kier alpha value is -1.46. The van der Waals surface area contributed by atoms with Crippen molar-refractivity contribution in [1.29, 1.82) is 0 Å². The average molecular weight is 274 g/mol. The third kappa shape index (κ3) is 3.30. The van der Waals surface area contributed by atoms with E-state index in [0.29, 0.717) is 6.54 Å². The monoisotopic (exact) mass is 274 g/mol. The molecule has 0 aliphatic carbocycles. The van der Waals surface area contributed by atoms with Gasteiger partial charge in [0.1, 0.15) is 0 Å². The molecule has 0 aromatic carbocycles. The van der Waals surface area contributed by atoms with Gasteiger partial charge in [0, 0.05) is 39.8 Å². The standard InChI is InChI=1S/C14H18N4S/c1-8-5-9(2)18-14(17-8)19-13-6-10(3)16-11(4)12(13)7-15/h5-6H,7,15H2,1-4H3. The molecule has 2 aromatic rings. The van der Waals surface area contributed by atoms with Gasteiger partial charge in [0.25, 0.3) is 0 Å². The Kier molecular flexibility index (Phi) is 4.17. The third-order valence-electron chi connectivity index (χ3n) is 2.79. The maximum Gasteiger partial charge on any atom is 0.192 e. The van der Waals surface area contributed by atoms with Crippen LogP contribution in [0.5, 0.6) is 0 Å². The van der Waals surface area contributed by atoms with E-state index in [2.05, 4.69) is 15.0 Å². The second-order valence-electron chi connectivity index (χ2n) is 4.57. The fraction of sp³-hybridized carbons (Fsp3) is 0.357. The highest BCUT2D eigenvalue weighted by molar-refractivity contribution is 7.99. The van der Waals surface area contributed by atoms with Gasteiger partial charge in [0.15, 0.2) is 5.16 Å². The van der Waals surface area contributed by atoms with Crippen LogP contribution in [0.25, 0.3) is 0 Å². The highest BCUT2D eigenvalue weighted by atomic mass is 32.2. The molecule has 2 heterocycles. The zero-order valence-corrected chi connectivity index (χ0v) is 12.5. The van der Waals surface area contributed by atoms with E-state index in [0.717, 1.165) is 38.4 Å². The lowest BCUT2D eigenvalue weighted by atomic mass is 10.2. The largest absolute Gasteiger partial charge is 0.326 e. The number of pyridine rings is 1. The molecule has 19 heavy (non-hydrogen) atoms. The number of aromatic nitrogens is 3. The molecule has 2 rings (SSSR count). The molecule has 0 atom stereocenters. The molecule has 4 nitrogen and oxygen atoms in total. The van der Waals surface area contributed by atoms with Crippen LogP contribution in [-0.2, 0) is 6.54 Å². The predicted molar refractivity (Wildman–Crippen MR) is 77.2 cm³/mol. The summed E-state index contributed by atoms with van der Waals surface area (Å²) in [5.74, 6) is 0. The van der Waals surface area contributed by atoms with Crippen LogP contribution in [0.4, 0.5) is 0 Å². The smallest absolute Gasteiger partial charge is 0.192 e. The summed E-state index contributed by atoms with van der Waals surface area (Å²) in [6, 6.07) is 4.01. The van der Waals surface area contributed by atoms with Crippen molar-refractivity contribution in [2.24, 2.45) is 5.73 Å². The van der Waals surface area contributed by atoms with E-state index in [9.17, 15) is 0 Å².